The summed E-state index contributed by atoms with van der Waals surface area (Å²) in [6.45, 7) is 5.25. The molecule has 1 N–H and O–H groups in total. The van der Waals surface area contributed by atoms with Gasteiger partial charge in [-0.1, -0.05) is 44.6 Å². The minimum Gasteiger partial charge on any atom is -0.493 e. The minimum atomic E-state index is 0.109. The zero-order valence-corrected chi connectivity index (χ0v) is 11.3. The van der Waals surface area contributed by atoms with E-state index in [-0.39, 0.29) is 6.61 Å². The summed E-state index contributed by atoms with van der Waals surface area (Å²) in [6, 6.07) is 7.81. The van der Waals surface area contributed by atoms with Crippen LogP contribution in [0.4, 0.5) is 0 Å². The molecule has 1 aromatic carbocycles. The van der Waals surface area contributed by atoms with Gasteiger partial charge in [-0.2, -0.15) is 0 Å². The molecule has 0 aliphatic rings. The van der Waals surface area contributed by atoms with E-state index in [9.17, 15) is 0 Å². The van der Waals surface area contributed by atoms with Crippen molar-refractivity contribution in [1.82, 2.24) is 0 Å². The molecule has 0 bridgehead atoms. The highest BCUT2D eigenvalue weighted by atomic mass is 16.5. The van der Waals surface area contributed by atoms with E-state index in [2.05, 4.69) is 25.7 Å². The van der Waals surface area contributed by atoms with Gasteiger partial charge >= 0.3 is 0 Å². The molecular formula is C16H22O2. The number of hydrogen-bond donors (Lipinski definition) is 1. The highest BCUT2D eigenvalue weighted by molar-refractivity contribution is 5.39. The molecule has 0 unspecified atom stereocenters. The van der Waals surface area contributed by atoms with Gasteiger partial charge in [0, 0.05) is 12.0 Å². The van der Waals surface area contributed by atoms with Crippen LogP contribution in [0.5, 0.6) is 5.75 Å². The molecule has 0 aliphatic heterocycles. The molecule has 2 nitrogen and oxygen atoms in total. The molecule has 18 heavy (non-hydrogen) atoms. The Labute approximate surface area is 110 Å². The van der Waals surface area contributed by atoms with E-state index in [4.69, 9.17) is 9.84 Å². The van der Waals surface area contributed by atoms with Crippen LogP contribution >= 0.6 is 0 Å². The molecule has 0 radical (unpaired) electrons. The Hall–Kier alpha value is -1.46. The molecule has 2 heteroatoms. The molecule has 0 aromatic heterocycles. The summed E-state index contributed by atoms with van der Waals surface area (Å²) < 4.78 is 5.78. The third-order valence-electron chi connectivity index (χ3n) is 2.94. The summed E-state index contributed by atoms with van der Waals surface area (Å²) in [7, 11) is 0. The van der Waals surface area contributed by atoms with Gasteiger partial charge < -0.3 is 9.84 Å². The second-order valence-electron chi connectivity index (χ2n) is 4.30. The molecule has 0 fully saturated rings. The number of aliphatic hydroxyl groups excluding tert-OH is 1. The van der Waals surface area contributed by atoms with Crippen LogP contribution in [0.1, 0.15) is 38.7 Å². The molecule has 0 heterocycles. The van der Waals surface area contributed by atoms with Crippen molar-refractivity contribution in [2.45, 2.75) is 33.1 Å². The maximum atomic E-state index is 8.67. The first-order valence-electron chi connectivity index (χ1n) is 6.62. The highest BCUT2D eigenvalue weighted by Gasteiger charge is 2.04. The Balaban J connectivity index is 2.57. The van der Waals surface area contributed by atoms with Gasteiger partial charge in [0.25, 0.3) is 0 Å². The lowest BCUT2D eigenvalue weighted by atomic mass is 10.1. The molecule has 0 amide bonds. The van der Waals surface area contributed by atoms with Gasteiger partial charge in [-0.25, -0.2) is 0 Å². The summed E-state index contributed by atoms with van der Waals surface area (Å²) in [4.78, 5) is 0. The van der Waals surface area contributed by atoms with E-state index < -0.39 is 0 Å². The van der Waals surface area contributed by atoms with Gasteiger partial charge in [-0.05, 0) is 24.1 Å². The second kappa shape index (κ2) is 8.60. The van der Waals surface area contributed by atoms with E-state index >= 15 is 0 Å². The number of rotatable bonds is 6. The van der Waals surface area contributed by atoms with Gasteiger partial charge in [0.1, 0.15) is 5.75 Å². The zero-order valence-electron chi connectivity index (χ0n) is 11.3. The molecule has 0 saturated heterocycles. The smallest absolute Gasteiger partial charge is 0.120 e. The standard InChI is InChI=1S/C16H22O2/c1-3-14(4-2)13-18-16-10-7-9-15(12-16)8-5-6-11-17/h7,9-10,12,14,17H,3-4,6,11,13H2,1-2H3. The van der Waals surface area contributed by atoms with Crippen LogP contribution in [0.15, 0.2) is 24.3 Å². The fourth-order valence-corrected chi connectivity index (χ4v) is 1.62. The first-order chi connectivity index (χ1) is 8.80. The Bertz CT molecular complexity index is 397. The van der Waals surface area contributed by atoms with Crippen molar-refractivity contribution >= 4 is 0 Å². The SMILES string of the molecule is CCC(CC)COc1cccc(C#CCCO)c1. The predicted molar refractivity (Wildman–Crippen MR) is 74.6 cm³/mol. The molecule has 0 spiro atoms. The summed E-state index contributed by atoms with van der Waals surface area (Å²) in [5, 5.41) is 8.67. The summed E-state index contributed by atoms with van der Waals surface area (Å²) >= 11 is 0. The monoisotopic (exact) mass is 246 g/mol. The average Bonchev–Trinajstić information content (AvgIpc) is 2.41. The number of benzene rings is 1. The molecule has 98 valence electrons. The van der Waals surface area contributed by atoms with Crippen LogP contribution in [-0.4, -0.2) is 18.3 Å². The largest absolute Gasteiger partial charge is 0.493 e. The van der Waals surface area contributed by atoms with E-state index in [0.717, 1.165) is 30.8 Å². The lowest BCUT2D eigenvalue weighted by Gasteiger charge is -2.13. The Morgan fingerprint density at radius 1 is 1.28 bits per heavy atom. The number of hydrogen-bond acceptors (Lipinski definition) is 2. The maximum Gasteiger partial charge on any atom is 0.120 e. The predicted octanol–water partition coefficient (Wildman–Crippen LogP) is 3.24. The molecule has 0 atom stereocenters. The third-order valence-corrected chi connectivity index (χ3v) is 2.94. The number of ether oxygens (including phenoxy) is 1. The van der Waals surface area contributed by atoms with Crippen molar-refractivity contribution in [2.24, 2.45) is 5.92 Å². The van der Waals surface area contributed by atoms with Gasteiger partial charge in [-0.15, -0.1) is 0 Å². The average molecular weight is 246 g/mol. The van der Waals surface area contributed by atoms with Gasteiger partial charge in [0.15, 0.2) is 0 Å². The van der Waals surface area contributed by atoms with Crippen molar-refractivity contribution in [2.75, 3.05) is 13.2 Å². The van der Waals surface area contributed by atoms with Crippen LogP contribution in [-0.2, 0) is 0 Å². The van der Waals surface area contributed by atoms with Gasteiger partial charge in [-0.3, -0.25) is 0 Å². The van der Waals surface area contributed by atoms with Crippen molar-refractivity contribution in [3.63, 3.8) is 0 Å². The number of aliphatic hydroxyl groups is 1. The lowest BCUT2D eigenvalue weighted by Crippen LogP contribution is -2.10. The van der Waals surface area contributed by atoms with E-state index in [1.165, 1.54) is 0 Å². The van der Waals surface area contributed by atoms with Crippen molar-refractivity contribution < 1.29 is 9.84 Å². The second-order valence-corrected chi connectivity index (χ2v) is 4.30. The molecule has 0 aliphatic carbocycles. The lowest BCUT2D eigenvalue weighted by molar-refractivity contribution is 0.240. The van der Waals surface area contributed by atoms with E-state index in [0.29, 0.717) is 12.3 Å². The van der Waals surface area contributed by atoms with E-state index in [1.54, 1.807) is 0 Å². The van der Waals surface area contributed by atoms with Crippen LogP contribution in [0, 0.1) is 17.8 Å². The first kappa shape index (κ1) is 14.6. The van der Waals surface area contributed by atoms with Crippen LogP contribution in [0.2, 0.25) is 0 Å². The van der Waals surface area contributed by atoms with Gasteiger partial charge in [0.05, 0.1) is 13.2 Å². The fourth-order valence-electron chi connectivity index (χ4n) is 1.62. The molecular weight excluding hydrogens is 224 g/mol. The van der Waals surface area contributed by atoms with Crippen LogP contribution in [0.25, 0.3) is 0 Å². The van der Waals surface area contributed by atoms with E-state index in [1.807, 2.05) is 24.3 Å². The van der Waals surface area contributed by atoms with Crippen molar-refractivity contribution in [1.29, 1.82) is 0 Å². The van der Waals surface area contributed by atoms with Crippen molar-refractivity contribution in [3.8, 4) is 17.6 Å². The fraction of sp³-hybridized carbons (Fsp3) is 0.500. The van der Waals surface area contributed by atoms with Crippen LogP contribution in [0.3, 0.4) is 0 Å². The maximum absolute atomic E-state index is 8.67. The first-order valence-corrected chi connectivity index (χ1v) is 6.62. The molecule has 1 aromatic rings. The summed E-state index contributed by atoms with van der Waals surface area (Å²) in [6.07, 6.45) is 2.80. The van der Waals surface area contributed by atoms with Crippen molar-refractivity contribution in [3.05, 3.63) is 29.8 Å². The third kappa shape index (κ3) is 5.25. The summed E-state index contributed by atoms with van der Waals surface area (Å²) in [5.41, 5.74) is 0.936. The zero-order chi connectivity index (χ0) is 13.2. The quantitative estimate of drug-likeness (QED) is 0.781. The Morgan fingerprint density at radius 3 is 2.72 bits per heavy atom. The van der Waals surface area contributed by atoms with Gasteiger partial charge in [0.2, 0.25) is 0 Å². The molecule has 1 rings (SSSR count). The summed E-state index contributed by atoms with van der Waals surface area (Å²) in [5.74, 6) is 7.41. The highest BCUT2D eigenvalue weighted by Crippen LogP contribution is 2.15. The topological polar surface area (TPSA) is 29.5 Å². The molecule has 0 saturated carbocycles. The normalized spacial score (nSPS) is 10.0. The Morgan fingerprint density at radius 2 is 2.06 bits per heavy atom. The minimum absolute atomic E-state index is 0.109. The Kier molecular flexibility index (Phi) is 6.98. The van der Waals surface area contributed by atoms with Crippen LogP contribution < -0.4 is 4.74 Å².